The molecule has 1 saturated heterocycles. The second-order valence-corrected chi connectivity index (χ2v) is 7.37. The van der Waals surface area contributed by atoms with Crippen LogP contribution in [0.4, 0.5) is 0 Å². The van der Waals surface area contributed by atoms with Crippen molar-refractivity contribution in [3.05, 3.63) is 52.0 Å². The second-order valence-electron chi connectivity index (χ2n) is 6.48. The Balaban J connectivity index is 0.00000169. The Morgan fingerprint density at radius 3 is 2.65 bits per heavy atom. The van der Waals surface area contributed by atoms with Crippen molar-refractivity contribution in [1.82, 2.24) is 9.88 Å². The fraction of sp³-hybridized carbons (Fsp3) is 0.526. The fourth-order valence-corrected chi connectivity index (χ4v) is 4.35. The molecule has 0 saturated carbocycles. The number of hydrogen-bond donors (Lipinski definition) is 1. The van der Waals surface area contributed by atoms with Crippen LogP contribution < -0.4 is 5.73 Å². The lowest BCUT2D eigenvalue weighted by Crippen LogP contribution is -2.23. The van der Waals surface area contributed by atoms with Crippen molar-refractivity contribution in [3.8, 4) is 0 Å². The minimum Gasteiger partial charge on any atom is -0.372 e. The van der Waals surface area contributed by atoms with E-state index < -0.39 is 0 Å². The maximum Gasteiger partial charge on any atom is 0.122 e. The molecule has 0 amide bonds. The van der Waals surface area contributed by atoms with Crippen molar-refractivity contribution in [2.75, 3.05) is 26.2 Å². The highest BCUT2D eigenvalue weighted by Gasteiger charge is 2.33. The van der Waals surface area contributed by atoms with Crippen LogP contribution in [0.3, 0.4) is 0 Å². The van der Waals surface area contributed by atoms with Gasteiger partial charge < -0.3 is 10.5 Å². The summed E-state index contributed by atoms with van der Waals surface area (Å²) in [6.07, 6.45) is 0.0844. The van der Waals surface area contributed by atoms with Crippen LogP contribution in [0.25, 0.3) is 0 Å². The smallest absolute Gasteiger partial charge is 0.122 e. The van der Waals surface area contributed by atoms with Gasteiger partial charge in [-0.15, -0.1) is 36.2 Å². The first-order valence-corrected chi connectivity index (χ1v) is 9.62. The zero-order valence-electron chi connectivity index (χ0n) is 15.3. The maximum atomic E-state index is 6.04. The van der Waals surface area contributed by atoms with E-state index in [1.54, 1.807) is 11.3 Å². The maximum absolute atomic E-state index is 6.04. The average molecular weight is 418 g/mol. The third kappa shape index (κ3) is 5.65. The van der Waals surface area contributed by atoms with Crippen LogP contribution in [0.1, 0.15) is 42.1 Å². The van der Waals surface area contributed by atoms with Gasteiger partial charge in [0.2, 0.25) is 0 Å². The molecule has 1 fully saturated rings. The summed E-state index contributed by atoms with van der Waals surface area (Å²) >= 11 is 1.70. The summed E-state index contributed by atoms with van der Waals surface area (Å²) in [6.45, 7) is 8.54. The summed E-state index contributed by atoms with van der Waals surface area (Å²) in [7, 11) is 0. The quantitative estimate of drug-likeness (QED) is 0.730. The molecule has 26 heavy (non-hydrogen) atoms. The van der Waals surface area contributed by atoms with Crippen molar-refractivity contribution < 1.29 is 4.74 Å². The largest absolute Gasteiger partial charge is 0.372 e. The zero-order valence-corrected chi connectivity index (χ0v) is 17.8. The SMILES string of the molecule is CCOC(C)c1nc(CN2C[C@@H](CN)[C@H](c3ccccc3)C2)cs1.Cl.Cl. The summed E-state index contributed by atoms with van der Waals surface area (Å²) in [5, 5.41) is 3.24. The van der Waals surface area contributed by atoms with E-state index in [-0.39, 0.29) is 30.9 Å². The molecule has 1 aliphatic rings. The lowest BCUT2D eigenvalue weighted by atomic mass is 9.89. The van der Waals surface area contributed by atoms with E-state index in [0.717, 1.165) is 43.5 Å². The summed E-state index contributed by atoms with van der Waals surface area (Å²) in [4.78, 5) is 7.25. The van der Waals surface area contributed by atoms with Crippen molar-refractivity contribution in [1.29, 1.82) is 0 Å². The standard InChI is InChI=1S/C19H27N3OS.2ClH/c1-3-23-14(2)19-21-17(13-24-19)11-22-10-16(9-20)18(12-22)15-7-5-4-6-8-15;;/h4-8,13-14,16,18H,3,9-12,20H2,1-2H3;2*1H/t14?,16-,18+;;/m1../s1. The first kappa shape index (κ1) is 23.3. The number of nitrogens with zero attached hydrogens (tertiary/aromatic N) is 2. The number of ether oxygens (including phenoxy) is 1. The molecule has 7 heteroatoms. The Labute approximate surface area is 173 Å². The molecular formula is C19H29Cl2N3OS. The first-order valence-electron chi connectivity index (χ1n) is 8.74. The monoisotopic (exact) mass is 417 g/mol. The van der Waals surface area contributed by atoms with Crippen molar-refractivity contribution in [3.63, 3.8) is 0 Å². The normalized spacial score (nSPS) is 21.0. The van der Waals surface area contributed by atoms with Gasteiger partial charge in [-0.1, -0.05) is 30.3 Å². The van der Waals surface area contributed by atoms with E-state index in [9.17, 15) is 0 Å². The van der Waals surface area contributed by atoms with Gasteiger partial charge in [-0.3, -0.25) is 4.90 Å². The van der Waals surface area contributed by atoms with E-state index in [0.29, 0.717) is 11.8 Å². The Morgan fingerprint density at radius 1 is 1.27 bits per heavy atom. The minimum atomic E-state index is 0. The number of halogens is 2. The van der Waals surface area contributed by atoms with Gasteiger partial charge >= 0.3 is 0 Å². The highest BCUT2D eigenvalue weighted by molar-refractivity contribution is 7.09. The van der Waals surface area contributed by atoms with Crippen LogP contribution in [-0.4, -0.2) is 36.1 Å². The topological polar surface area (TPSA) is 51.4 Å². The number of hydrogen-bond acceptors (Lipinski definition) is 5. The molecule has 0 spiro atoms. The molecule has 2 heterocycles. The molecule has 0 bridgehead atoms. The number of likely N-dealkylation sites (tertiary alicyclic amines) is 1. The summed E-state index contributed by atoms with van der Waals surface area (Å²) in [6, 6.07) is 10.8. The Morgan fingerprint density at radius 2 is 2.00 bits per heavy atom. The van der Waals surface area contributed by atoms with Crippen LogP contribution >= 0.6 is 36.2 Å². The molecule has 2 aromatic rings. The molecule has 1 aromatic carbocycles. The van der Waals surface area contributed by atoms with Gasteiger partial charge in [0.1, 0.15) is 11.1 Å². The van der Waals surface area contributed by atoms with Crippen LogP contribution in [0.2, 0.25) is 0 Å². The predicted octanol–water partition coefficient (Wildman–Crippen LogP) is 4.26. The predicted molar refractivity (Wildman–Crippen MR) is 114 cm³/mol. The summed E-state index contributed by atoms with van der Waals surface area (Å²) < 4.78 is 5.64. The van der Waals surface area contributed by atoms with E-state index in [1.807, 2.05) is 6.92 Å². The van der Waals surface area contributed by atoms with Gasteiger partial charge in [0, 0.05) is 37.5 Å². The van der Waals surface area contributed by atoms with Crippen molar-refractivity contribution in [2.24, 2.45) is 11.7 Å². The molecular weight excluding hydrogens is 389 g/mol. The average Bonchev–Trinajstić information content (AvgIpc) is 3.23. The third-order valence-corrected chi connectivity index (χ3v) is 5.82. The van der Waals surface area contributed by atoms with Crippen LogP contribution in [0, 0.1) is 5.92 Å². The molecule has 1 aliphatic heterocycles. The highest BCUT2D eigenvalue weighted by atomic mass is 35.5. The molecule has 0 radical (unpaired) electrons. The molecule has 0 aliphatic carbocycles. The van der Waals surface area contributed by atoms with E-state index in [4.69, 9.17) is 15.5 Å². The Hall–Kier alpha value is -0.690. The lowest BCUT2D eigenvalue weighted by molar-refractivity contribution is 0.0760. The zero-order chi connectivity index (χ0) is 16.9. The lowest BCUT2D eigenvalue weighted by Gasteiger charge is -2.16. The Bertz CT molecular complexity index is 641. The van der Waals surface area contributed by atoms with E-state index in [1.165, 1.54) is 5.56 Å². The van der Waals surface area contributed by atoms with Crippen molar-refractivity contribution >= 4 is 36.2 Å². The highest BCUT2D eigenvalue weighted by Crippen LogP contribution is 2.33. The summed E-state index contributed by atoms with van der Waals surface area (Å²) in [5.41, 5.74) is 8.58. The number of benzene rings is 1. The minimum absolute atomic E-state index is 0. The van der Waals surface area contributed by atoms with Gasteiger partial charge in [0.05, 0.1) is 5.69 Å². The second kappa shape index (κ2) is 11.2. The first-order chi connectivity index (χ1) is 11.7. The third-order valence-electron chi connectivity index (χ3n) is 4.77. The number of rotatable bonds is 7. The molecule has 2 N–H and O–H groups in total. The molecule has 4 nitrogen and oxygen atoms in total. The van der Waals surface area contributed by atoms with Crippen LogP contribution in [0.5, 0.6) is 0 Å². The molecule has 1 unspecified atom stereocenters. The van der Waals surface area contributed by atoms with Gasteiger partial charge in [-0.25, -0.2) is 4.98 Å². The van der Waals surface area contributed by atoms with Gasteiger partial charge in [-0.2, -0.15) is 0 Å². The number of nitrogens with two attached hydrogens (primary N) is 1. The number of thiazole rings is 1. The van der Waals surface area contributed by atoms with Crippen LogP contribution in [0.15, 0.2) is 35.7 Å². The number of aromatic nitrogens is 1. The molecule has 1 aromatic heterocycles. The van der Waals surface area contributed by atoms with E-state index >= 15 is 0 Å². The van der Waals surface area contributed by atoms with Gasteiger partial charge in [0.15, 0.2) is 0 Å². The molecule has 146 valence electrons. The van der Waals surface area contributed by atoms with Crippen LogP contribution in [-0.2, 0) is 11.3 Å². The fourth-order valence-electron chi connectivity index (χ4n) is 3.54. The summed E-state index contributed by atoms with van der Waals surface area (Å²) in [5.74, 6) is 1.05. The van der Waals surface area contributed by atoms with Gasteiger partial charge in [0.25, 0.3) is 0 Å². The van der Waals surface area contributed by atoms with Crippen molar-refractivity contribution in [2.45, 2.75) is 32.4 Å². The van der Waals surface area contributed by atoms with Gasteiger partial charge in [-0.05, 0) is 31.9 Å². The molecule has 3 rings (SSSR count). The van der Waals surface area contributed by atoms with E-state index in [2.05, 4.69) is 47.5 Å². The molecule has 3 atom stereocenters. The Kier molecular flexibility index (Phi) is 10.1.